The molecule has 4 rings (SSSR count). The number of morpholine rings is 1. The minimum absolute atomic E-state index is 0.0702. The van der Waals surface area contributed by atoms with Gasteiger partial charge in [0.2, 0.25) is 5.91 Å². The number of carbonyl (C=O) groups is 1. The van der Waals surface area contributed by atoms with E-state index in [1.54, 1.807) is 23.1 Å². The second-order valence-electron chi connectivity index (χ2n) is 7.63. The number of thioether (sulfide) groups is 1. The first-order valence-electron chi connectivity index (χ1n) is 11.0. The summed E-state index contributed by atoms with van der Waals surface area (Å²) in [5, 5.41) is 0.731. The molecule has 0 aliphatic carbocycles. The van der Waals surface area contributed by atoms with Gasteiger partial charge < -0.3 is 9.47 Å². The number of anilines is 1. The molecule has 1 aliphatic rings. The zero-order valence-corrected chi connectivity index (χ0v) is 20.2. The molecule has 6 nitrogen and oxygen atoms in total. The van der Waals surface area contributed by atoms with Gasteiger partial charge in [0.25, 0.3) is 0 Å². The first-order chi connectivity index (χ1) is 15.6. The third-order valence-electron chi connectivity index (χ3n) is 5.33. The lowest BCUT2D eigenvalue weighted by Crippen LogP contribution is -2.43. The highest BCUT2D eigenvalue weighted by Gasteiger charge is 2.22. The number of ether oxygens (including phenoxy) is 2. The Labute approximate surface area is 197 Å². The van der Waals surface area contributed by atoms with Crippen molar-refractivity contribution in [1.29, 1.82) is 0 Å². The normalized spacial score (nSPS) is 14.6. The second kappa shape index (κ2) is 11.1. The molecule has 0 saturated carbocycles. The fourth-order valence-corrected chi connectivity index (χ4v) is 5.35. The van der Waals surface area contributed by atoms with E-state index in [9.17, 15) is 4.79 Å². The van der Waals surface area contributed by atoms with E-state index in [2.05, 4.69) is 36.1 Å². The maximum absolute atomic E-state index is 13.3. The largest absolute Gasteiger partial charge is 0.492 e. The fourth-order valence-electron chi connectivity index (χ4n) is 3.55. The number of thiazole rings is 1. The van der Waals surface area contributed by atoms with Gasteiger partial charge in [-0.05, 0) is 38.1 Å². The summed E-state index contributed by atoms with van der Waals surface area (Å²) in [6.07, 6.45) is 0. The topological polar surface area (TPSA) is 54.9 Å². The van der Waals surface area contributed by atoms with E-state index in [0.29, 0.717) is 18.9 Å². The van der Waals surface area contributed by atoms with Crippen LogP contribution >= 0.6 is 23.1 Å². The first-order valence-corrected chi connectivity index (χ1v) is 12.8. The molecule has 2 aromatic carbocycles. The Hall–Kier alpha value is -2.13. The summed E-state index contributed by atoms with van der Waals surface area (Å²) in [7, 11) is 0. The summed E-state index contributed by atoms with van der Waals surface area (Å²) in [6.45, 7) is 9.31. The summed E-state index contributed by atoms with van der Waals surface area (Å²) in [5.74, 6) is 1.21. The molecule has 1 amide bonds. The molecule has 0 atom stereocenters. The minimum atomic E-state index is 0.0702. The number of nitrogens with zero attached hydrogens (tertiary/aromatic N) is 3. The molecule has 0 bridgehead atoms. The molecule has 3 aromatic rings. The third-order valence-corrected chi connectivity index (χ3v) is 7.37. The van der Waals surface area contributed by atoms with Gasteiger partial charge in [-0.2, -0.15) is 0 Å². The van der Waals surface area contributed by atoms with Gasteiger partial charge in [-0.3, -0.25) is 14.6 Å². The number of aromatic nitrogens is 1. The molecule has 0 N–H and O–H groups in total. The van der Waals surface area contributed by atoms with Gasteiger partial charge in [-0.15, -0.1) is 11.8 Å². The molecule has 0 unspecified atom stereocenters. The molecule has 32 heavy (non-hydrogen) atoms. The van der Waals surface area contributed by atoms with Crippen molar-refractivity contribution in [3.8, 4) is 5.75 Å². The van der Waals surface area contributed by atoms with Gasteiger partial charge >= 0.3 is 0 Å². The first kappa shape index (κ1) is 23.0. The Morgan fingerprint density at radius 3 is 2.75 bits per heavy atom. The highest BCUT2D eigenvalue weighted by Crippen LogP contribution is 2.34. The quantitative estimate of drug-likeness (QED) is 0.430. The average Bonchev–Trinajstić information content (AvgIpc) is 3.25. The molecule has 1 aliphatic heterocycles. The lowest BCUT2D eigenvalue weighted by Gasteiger charge is -2.29. The molecule has 8 heteroatoms. The van der Waals surface area contributed by atoms with Crippen LogP contribution in [0.3, 0.4) is 0 Å². The van der Waals surface area contributed by atoms with E-state index in [1.165, 1.54) is 5.56 Å². The van der Waals surface area contributed by atoms with Gasteiger partial charge in [0.1, 0.15) is 11.3 Å². The molecule has 2 heterocycles. The zero-order chi connectivity index (χ0) is 22.3. The Kier molecular flexibility index (Phi) is 8.02. The third kappa shape index (κ3) is 5.81. The van der Waals surface area contributed by atoms with Gasteiger partial charge in [0, 0.05) is 31.1 Å². The molecule has 1 aromatic heterocycles. The van der Waals surface area contributed by atoms with E-state index in [4.69, 9.17) is 14.5 Å². The highest BCUT2D eigenvalue weighted by atomic mass is 32.2. The molecular formula is C24H29N3O3S2. The zero-order valence-electron chi connectivity index (χ0n) is 18.6. The number of benzene rings is 2. The van der Waals surface area contributed by atoms with E-state index in [-0.39, 0.29) is 5.91 Å². The second-order valence-corrected chi connectivity index (χ2v) is 9.69. The summed E-state index contributed by atoms with van der Waals surface area (Å²) in [6, 6.07) is 14.2. The van der Waals surface area contributed by atoms with Crippen molar-refractivity contribution >= 4 is 44.4 Å². The van der Waals surface area contributed by atoms with E-state index in [1.807, 2.05) is 30.0 Å². The number of hydrogen-bond donors (Lipinski definition) is 0. The Morgan fingerprint density at radius 1 is 1.22 bits per heavy atom. The van der Waals surface area contributed by atoms with E-state index in [0.717, 1.165) is 58.8 Å². The van der Waals surface area contributed by atoms with Crippen molar-refractivity contribution in [2.75, 3.05) is 56.7 Å². The predicted octanol–water partition coefficient (Wildman–Crippen LogP) is 4.46. The summed E-state index contributed by atoms with van der Waals surface area (Å²) < 4.78 is 12.2. The van der Waals surface area contributed by atoms with E-state index < -0.39 is 0 Å². The van der Waals surface area contributed by atoms with Crippen molar-refractivity contribution < 1.29 is 14.3 Å². The van der Waals surface area contributed by atoms with Crippen LogP contribution in [-0.2, 0) is 9.53 Å². The molecule has 1 fully saturated rings. The number of carbonyl (C=O) groups excluding carboxylic acids is 1. The van der Waals surface area contributed by atoms with Crippen molar-refractivity contribution in [2.45, 2.75) is 18.7 Å². The lowest BCUT2D eigenvalue weighted by molar-refractivity contribution is -0.116. The standard InChI is InChI=1S/C24H29N3O3S2/c1-3-30-20-5-4-6-21-23(20)25-24(32-21)27(12-11-26-13-15-29-16-14-26)22(28)17-31-19-9-7-18(2)8-10-19/h4-10H,3,11-17H2,1-2H3. The van der Waals surface area contributed by atoms with Crippen LogP contribution in [0.15, 0.2) is 47.4 Å². The van der Waals surface area contributed by atoms with Crippen molar-refractivity contribution in [3.05, 3.63) is 48.0 Å². The van der Waals surface area contributed by atoms with Crippen LogP contribution in [0.4, 0.5) is 5.13 Å². The smallest absolute Gasteiger partial charge is 0.239 e. The maximum atomic E-state index is 13.3. The number of amides is 1. The average molecular weight is 472 g/mol. The molecule has 170 valence electrons. The number of hydrogen-bond acceptors (Lipinski definition) is 7. The summed E-state index contributed by atoms with van der Waals surface area (Å²) in [4.78, 5) is 23.5. The van der Waals surface area contributed by atoms with Crippen LogP contribution in [0.5, 0.6) is 5.75 Å². The van der Waals surface area contributed by atoms with Crippen LogP contribution in [0, 0.1) is 6.92 Å². The van der Waals surface area contributed by atoms with Crippen LogP contribution < -0.4 is 9.64 Å². The number of fused-ring (bicyclic) bond motifs is 1. The lowest BCUT2D eigenvalue weighted by atomic mass is 10.2. The number of aryl methyl sites for hydroxylation is 1. The van der Waals surface area contributed by atoms with E-state index >= 15 is 0 Å². The van der Waals surface area contributed by atoms with Gasteiger partial charge in [0.05, 0.1) is 30.3 Å². The Bertz CT molecular complexity index is 1030. The van der Waals surface area contributed by atoms with Crippen molar-refractivity contribution in [3.63, 3.8) is 0 Å². The molecule has 0 radical (unpaired) electrons. The Balaban J connectivity index is 1.53. The predicted molar refractivity (Wildman–Crippen MR) is 132 cm³/mol. The molecule has 0 spiro atoms. The molecule has 1 saturated heterocycles. The van der Waals surface area contributed by atoms with Crippen molar-refractivity contribution in [1.82, 2.24) is 9.88 Å². The van der Waals surface area contributed by atoms with Crippen molar-refractivity contribution in [2.24, 2.45) is 0 Å². The van der Waals surface area contributed by atoms with Crippen LogP contribution in [0.1, 0.15) is 12.5 Å². The SMILES string of the molecule is CCOc1cccc2sc(N(CCN3CCOCC3)C(=O)CSc3ccc(C)cc3)nc12. The van der Waals surface area contributed by atoms with Crippen LogP contribution in [0.2, 0.25) is 0 Å². The highest BCUT2D eigenvalue weighted by molar-refractivity contribution is 8.00. The van der Waals surface area contributed by atoms with Crippen LogP contribution in [0.25, 0.3) is 10.2 Å². The minimum Gasteiger partial charge on any atom is -0.492 e. The van der Waals surface area contributed by atoms with Crippen LogP contribution in [-0.4, -0.2) is 67.5 Å². The summed E-state index contributed by atoms with van der Waals surface area (Å²) >= 11 is 3.11. The molecular weight excluding hydrogens is 442 g/mol. The Morgan fingerprint density at radius 2 is 2.00 bits per heavy atom. The summed E-state index contributed by atoms with van der Waals surface area (Å²) in [5.41, 5.74) is 2.04. The maximum Gasteiger partial charge on any atom is 0.239 e. The van der Waals surface area contributed by atoms with Gasteiger partial charge in [-0.25, -0.2) is 4.98 Å². The number of para-hydroxylation sites is 1. The van der Waals surface area contributed by atoms with Gasteiger partial charge in [0.15, 0.2) is 5.13 Å². The fraction of sp³-hybridized carbons (Fsp3) is 0.417. The van der Waals surface area contributed by atoms with Gasteiger partial charge in [-0.1, -0.05) is 35.1 Å². The monoisotopic (exact) mass is 471 g/mol. The number of rotatable bonds is 9.